The third-order valence-corrected chi connectivity index (χ3v) is 2.52. The van der Waals surface area contributed by atoms with E-state index in [1.54, 1.807) is 24.3 Å². The zero-order chi connectivity index (χ0) is 13.8. The van der Waals surface area contributed by atoms with E-state index in [0.29, 0.717) is 11.3 Å². The van der Waals surface area contributed by atoms with Gasteiger partial charge in [0.05, 0.1) is 12.1 Å². The molecule has 0 aliphatic carbocycles. The summed E-state index contributed by atoms with van der Waals surface area (Å²) in [6, 6.07) is 9.80. The van der Waals surface area contributed by atoms with Gasteiger partial charge in [-0.05, 0) is 29.8 Å². The average molecular weight is 263 g/mol. The lowest BCUT2D eigenvalue weighted by Gasteiger charge is -2.08. The molecule has 0 heterocycles. The van der Waals surface area contributed by atoms with Gasteiger partial charge >= 0.3 is 5.97 Å². The summed E-state index contributed by atoms with van der Waals surface area (Å²) >= 11 is 0. The fourth-order valence-corrected chi connectivity index (χ4v) is 1.63. The molecule has 2 N–H and O–H groups in total. The Morgan fingerprint density at radius 1 is 1.11 bits per heavy atom. The highest BCUT2D eigenvalue weighted by atomic mass is 19.1. The van der Waals surface area contributed by atoms with Crippen LogP contribution in [-0.4, -0.2) is 11.1 Å². The molecule has 2 rings (SSSR count). The number of carbonyl (C=O) groups is 1. The highest BCUT2D eigenvalue weighted by Crippen LogP contribution is 2.21. The van der Waals surface area contributed by atoms with E-state index >= 15 is 0 Å². The molecular weight excluding hydrogens is 252 g/mol. The molecule has 0 bridgehead atoms. The van der Waals surface area contributed by atoms with Gasteiger partial charge in [-0.15, -0.1) is 0 Å². The molecule has 0 unspecified atom stereocenters. The number of aliphatic carboxylic acids is 1. The van der Waals surface area contributed by atoms with Crippen LogP contribution < -0.4 is 5.32 Å². The summed E-state index contributed by atoms with van der Waals surface area (Å²) in [7, 11) is 0. The van der Waals surface area contributed by atoms with Gasteiger partial charge in [-0.25, -0.2) is 8.78 Å². The maximum absolute atomic E-state index is 13.4. The third kappa shape index (κ3) is 3.51. The topological polar surface area (TPSA) is 49.3 Å². The summed E-state index contributed by atoms with van der Waals surface area (Å²) in [5, 5.41) is 11.4. The summed E-state index contributed by atoms with van der Waals surface area (Å²) in [6.07, 6.45) is -0.0643. The fourth-order valence-electron chi connectivity index (χ4n) is 1.63. The Kier molecular flexibility index (Phi) is 3.75. The number of benzene rings is 2. The number of rotatable bonds is 4. The van der Waals surface area contributed by atoms with E-state index < -0.39 is 17.6 Å². The van der Waals surface area contributed by atoms with Gasteiger partial charge in [0, 0.05) is 11.8 Å². The first-order chi connectivity index (χ1) is 9.04. The molecule has 0 atom stereocenters. The Morgan fingerprint density at radius 3 is 2.37 bits per heavy atom. The van der Waals surface area contributed by atoms with Crippen LogP contribution in [0.3, 0.4) is 0 Å². The van der Waals surface area contributed by atoms with Gasteiger partial charge in [0.1, 0.15) is 11.6 Å². The molecular formula is C14H11F2NO2. The van der Waals surface area contributed by atoms with Crippen molar-refractivity contribution in [2.45, 2.75) is 6.42 Å². The minimum atomic E-state index is -0.912. The van der Waals surface area contributed by atoms with Gasteiger partial charge < -0.3 is 10.4 Å². The lowest BCUT2D eigenvalue weighted by molar-refractivity contribution is -0.136. The van der Waals surface area contributed by atoms with Crippen molar-refractivity contribution in [2.24, 2.45) is 0 Å². The molecule has 2 aromatic carbocycles. The first kappa shape index (κ1) is 13.0. The molecule has 0 amide bonds. The molecule has 0 aliphatic heterocycles. The maximum atomic E-state index is 13.4. The van der Waals surface area contributed by atoms with Crippen molar-refractivity contribution in [3.63, 3.8) is 0 Å². The molecule has 3 nitrogen and oxygen atoms in total. The Morgan fingerprint density at radius 2 is 1.79 bits per heavy atom. The first-order valence-electron chi connectivity index (χ1n) is 5.57. The first-order valence-corrected chi connectivity index (χ1v) is 5.57. The normalized spacial score (nSPS) is 10.2. The van der Waals surface area contributed by atoms with Gasteiger partial charge in [-0.3, -0.25) is 4.79 Å². The van der Waals surface area contributed by atoms with E-state index in [2.05, 4.69) is 5.32 Å². The van der Waals surface area contributed by atoms with Crippen LogP contribution in [0.15, 0.2) is 42.5 Å². The molecule has 5 heteroatoms. The second-order valence-electron chi connectivity index (χ2n) is 4.02. The maximum Gasteiger partial charge on any atom is 0.307 e. The van der Waals surface area contributed by atoms with Gasteiger partial charge in [-0.2, -0.15) is 0 Å². The monoisotopic (exact) mass is 263 g/mol. The highest BCUT2D eigenvalue weighted by molar-refractivity contribution is 5.70. The number of anilines is 2. The van der Waals surface area contributed by atoms with Gasteiger partial charge in [-0.1, -0.05) is 12.1 Å². The summed E-state index contributed by atoms with van der Waals surface area (Å²) in [6.45, 7) is 0. The van der Waals surface area contributed by atoms with Crippen molar-refractivity contribution < 1.29 is 18.7 Å². The number of nitrogens with one attached hydrogen (secondary N) is 1. The third-order valence-electron chi connectivity index (χ3n) is 2.52. The zero-order valence-electron chi connectivity index (χ0n) is 9.86. The Hall–Kier alpha value is -2.43. The van der Waals surface area contributed by atoms with E-state index in [1.807, 2.05) is 0 Å². The lowest BCUT2D eigenvalue weighted by atomic mass is 10.1. The van der Waals surface area contributed by atoms with Crippen LogP contribution in [0.4, 0.5) is 20.2 Å². The number of carboxylic acids is 1. The van der Waals surface area contributed by atoms with Crippen LogP contribution in [0, 0.1) is 11.6 Å². The van der Waals surface area contributed by atoms with Gasteiger partial charge in [0.15, 0.2) is 0 Å². The molecule has 0 radical (unpaired) electrons. The predicted molar refractivity (Wildman–Crippen MR) is 67.4 cm³/mol. The van der Waals surface area contributed by atoms with Crippen molar-refractivity contribution in [1.29, 1.82) is 0 Å². The van der Waals surface area contributed by atoms with Crippen LogP contribution in [0.2, 0.25) is 0 Å². The molecule has 2 aromatic rings. The van der Waals surface area contributed by atoms with E-state index in [0.717, 1.165) is 12.1 Å². The number of carboxylic acid groups (broad SMARTS) is 1. The smallest absolute Gasteiger partial charge is 0.307 e. The van der Waals surface area contributed by atoms with Crippen molar-refractivity contribution >= 4 is 17.3 Å². The summed E-state index contributed by atoms with van der Waals surface area (Å²) in [4.78, 5) is 10.5. The van der Waals surface area contributed by atoms with E-state index in [-0.39, 0.29) is 12.1 Å². The molecule has 0 aliphatic rings. The van der Waals surface area contributed by atoms with E-state index in [1.165, 1.54) is 6.07 Å². The number of halogens is 2. The van der Waals surface area contributed by atoms with Crippen LogP contribution in [0.25, 0.3) is 0 Å². The quantitative estimate of drug-likeness (QED) is 0.889. The van der Waals surface area contributed by atoms with Crippen LogP contribution in [0.5, 0.6) is 0 Å². The second kappa shape index (κ2) is 5.48. The zero-order valence-corrected chi connectivity index (χ0v) is 9.86. The Labute approximate surface area is 108 Å². The van der Waals surface area contributed by atoms with Crippen molar-refractivity contribution in [3.8, 4) is 0 Å². The van der Waals surface area contributed by atoms with Gasteiger partial charge in [0.2, 0.25) is 0 Å². The predicted octanol–water partition coefficient (Wildman–Crippen LogP) is 3.34. The van der Waals surface area contributed by atoms with Gasteiger partial charge in [0.25, 0.3) is 0 Å². The molecule has 0 saturated heterocycles. The van der Waals surface area contributed by atoms with Crippen LogP contribution in [0.1, 0.15) is 5.56 Å². The summed E-state index contributed by atoms with van der Waals surface area (Å²) in [5.74, 6) is -2.24. The van der Waals surface area contributed by atoms with Crippen LogP contribution >= 0.6 is 0 Å². The van der Waals surface area contributed by atoms with E-state index in [4.69, 9.17) is 5.11 Å². The van der Waals surface area contributed by atoms with Crippen molar-refractivity contribution in [3.05, 3.63) is 59.7 Å². The average Bonchev–Trinajstić information content (AvgIpc) is 2.34. The second-order valence-corrected chi connectivity index (χ2v) is 4.02. The molecule has 98 valence electrons. The molecule has 0 saturated carbocycles. The number of hydrogen-bond acceptors (Lipinski definition) is 2. The lowest BCUT2D eigenvalue weighted by Crippen LogP contribution is -2.00. The Bertz CT molecular complexity index is 597. The Balaban J connectivity index is 2.13. The molecule has 0 fully saturated rings. The molecule has 0 spiro atoms. The van der Waals surface area contributed by atoms with E-state index in [9.17, 15) is 13.6 Å². The van der Waals surface area contributed by atoms with Crippen molar-refractivity contribution in [2.75, 3.05) is 5.32 Å². The largest absolute Gasteiger partial charge is 0.481 e. The minimum absolute atomic E-state index is 0.0643. The SMILES string of the molecule is O=C(O)Cc1ccc(Nc2ccc(F)cc2F)cc1. The molecule has 19 heavy (non-hydrogen) atoms. The number of hydrogen-bond donors (Lipinski definition) is 2. The highest BCUT2D eigenvalue weighted by Gasteiger charge is 2.04. The van der Waals surface area contributed by atoms with Crippen LogP contribution in [-0.2, 0) is 11.2 Å². The summed E-state index contributed by atoms with van der Waals surface area (Å²) in [5.41, 5.74) is 1.41. The minimum Gasteiger partial charge on any atom is -0.481 e. The fraction of sp³-hybridized carbons (Fsp3) is 0.0714. The standard InChI is InChI=1S/C14H11F2NO2/c15-10-3-6-13(12(16)8-10)17-11-4-1-9(2-5-11)7-14(18)19/h1-6,8,17H,7H2,(H,18,19). The van der Waals surface area contributed by atoms with Crippen molar-refractivity contribution in [1.82, 2.24) is 0 Å². The summed E-state index contributed by atoms with van der Waals surface area (Å²) < 4.78 is 26.1. The molecule has 0 aromatic heterocycles.